The van der Waals surface area contributed by atoms with Crippen molar-refractivity contribution in [3.05, 3.63) is 69.7 Å². The van der Waals surface area contributed by atoms with Crippen LogP contribution in [0.1, 0.15) is 21.5 Å². The highest BCUT2D eigenvalue weighted by atomic mass is 79.9. The van der Waals surface area contributed by atoms with E-state index < -0.39 is 0 Å². The summed E-state index contributed by atoms with van der Waals surface area (Å²) in [7, 11) is 1.80. The molecule has 0 aliphatic rings. The summed E-state index contributed by atoms with van der Waals surface area (Å²) in [6.45, 7) is 0.573. The molecule has 0 N–H and O–H groups in total. The molecule has 0 saturated carbocycles. The number of carbonyl (C=O) groups excluding carboxylic acids is 1. The second kappa shape index (κ2) is 6.91. The Kier molecular flexibility index (Phi) is 5.21. The van der Waals surface area contributed by atoms with Crippen molar-refractivity contribution in [1.29, 1.82) is 0 Å². The van der Waals surface area contributed by atoms with Crippen molar-refractivity contribution in [2.75, 3.05) is 7.05 Å². The first kappa shape index (κ1) is 15.1. The van der Waals surface area contributed by atoms with Crippen molar-refractivity contribution >= 4 is 33.4 Å². The summed E-state index contributed by atoms with van der Waals surface area (Å²) in [6.07, 6.45) is 0. The Hall–Kier alpha value is -1.32. The smallest absolute Gasteiger partial charge is 0.253 e. The summed E-state index contributed by atoms with van der Waals surface area (Å²) < 4.78 is 1.01. The van der Waals surface area contributed by atoms with Gasteiger partial charge in [-0.05, 0) is 35.4 Å². The van der Waals surface area contributed by atoms with Gasteiger partial charge in [0.05, 0.1) is 0 Å². The van der Waals surface area contributed by atoms with Gasteiger partial charge < -0.3 is 4.90 Å². The molecule has 0 aliphatic carbocycles. The highest BCUT2D eigenvalue weighted by molar-refractivity contribution is 9.10. The largest absolute Gasteiger partial charge is 0.337 e. The Bertz CT molecular complexity index is 615. The zero-order valence-corrected chi connectivity index (χ0v) is 13.5. The third-order valence-corrected chi connectivity index (χ3v) is 3.79. The van der Waals surface area contributed by atoms with Crippen LogP contribution in [0.3, 0.4) is 0 Å². The Balaban J connectivity index is 2.12. The maximum atomic E-state index is 12.4. The Morgan fingerprint density at radius 3 is 2.55 bits per heavy atom. The third-order valence-electron chi connectivity index (χ3n) is 2.98. The number of halogens is 2. The van der Waals surface area contributed by atoms with E-state index in [0.29, 0.717) is 18.0 Å². The number of alkyl halides is 1. The van der Waals surface area contributed by atoms with E-state index in [4.69, 9.17) is 11.6 Å². The lowest BCUT2D eigenvalue weighted by molar-refractivity contribution is 0.0785. The zero-order chi connectivity index (χ0) is 14.5. The summed E-state index contributed by atoms with van der Waals surface area (Å²) in [4.78, 5) is 14.1. The maximum Gasteiger partial charge on any atom is 0.253 e. The molecule has 0 spiro atoms. The van der Waals surface area contributed by atoms with Crippen molar-refractivity contribution in [2.24, 2.45) is 0 Å². The van der Waals surface area contributed by atoms with Crippen LogP contribution in [0, 0.1) is 0 Å². The number of hydrogen-bond acceptors (Lipinski definition) is 1. The average Bonchev–Trinajstić information content (AvgIpc) is 2.46. The molecule has 2 aromatic rings. The van der Waals surface area contributed by atoms with E-state index >= 15 is 0 Å². The Morgan fingerprint density at radius 1 is 1.15 bits per heavy atom. The van der Waals surface area contributed by atoms with Gasteiger partial charge in [0.15, 0.2) is 0 Å². The van der Waals surface area contributed by atoms with Crippen LogP contribution >= 0.6 is 27.5 Å². The summed E-state index contributed by atoms with van der Waals surface area (Å²) in [6, 6.07) is 15.4. The van der Waals surface area contributed by atoms with Crippen molar-refractivity contribution in [1.82, 2.24) is 4.90 Å². The van der Waals surface area contributed by atoms with E-state index in [9.17, 15) is 4.79 Å². The molecule has 2 aromatic carbocycles. The third kappa shape index (κ3) is 3.84. The number of carbonyl (C=O) groups is 1. The van der Waals surface area contributed by atoms with E-state index in [0.717, 1.165) is 15.6 Å². The van der Waals surface area contributed by atoms with E-state index in [1.54, 1.807) is 11.9 Å². The molecule has 0 atom stereocenters. The first-order chi connectivity index (χ1) is 9.60. The van der Waals surface area contributed by atoms with Gasteiger partial charge in [-0.25, -0.2) is 0 Å². The van der Waals surface area contributed by atoms with Gasteiger partial charge in [0.25, 0.3) is 5.91 Å². The molecule has 4 heteroatoms. The quantitative estimate of drug-likeness (QED) is 0.744. The number of nitrogens with zero attached hydrogens (tertiary/aromatic N) is 1. The fraction of sp³-hybridized carbons (Fsp3) is 0.188. The maximum absolute atomic E-state index is 12.4. The van der Waals surface area contributed by atoms with Crippen LogP contribution in [-0.2, 0) is 12.4 Å². The molecule has 0 radical (unpaired) electrons. The van der Waals surface area contributed by atoms with Crippen molar-refractivity contribution in [3.8, 4) is 0 Å². The number of benzene rings is 2. The molecule has 2 nitrogen and oxygen atoms in total. The molecule has 0 aliphatic heterocycles. The van der Waals surface area contributed by atoms with Crippen LogP contribution in [0.2, 0.25) is 0 Å². The van der Waals surface area contributed by atoms with Gasteiger partial charge in [-0.2, -0.15) is 0 Å². The molecule has 20 heavy (non-hydrogen) atoms. The molecule has 0 bridgehead atoms. The number of hydrogen-bond donors (Lipinski definition) is 0. The minimum atomic E-state index is -0.00283. The lowest BCUT2D eigenvalue weighted by Crippen LogP contribution is -2.26. The fourth-order valence-corrected chi connectivity index (χ4v) is 2.60. The molecule has 104 valence electrons. The lowest BCUT2D eigenvalue weighted by Gasteiger charge is -2.18. The Morgan fingerprint density at radius 2 is 1.85 bits per heavy atom. The van der Waals surface area contributed by atoms with Crippen molar-refractivity contribution < 1.29 is 4.79 Å². The minimum Gasteiger partial charge on any atom is -0.337 e. The highest BCUT2D eigenvalue weighted by Gasteiger charge is 2.12. The van der Waals surface area contributed by atoms with Gasteiger partial charge in [0, 0.05) is 29.5 Å². The van der Waals surface area contributed by atoms with Gasteiger partial charge >= 0.3 is 0 Å². The van der Waals surface area contributed by atoms with E-state index in [2.05, 4.69) is 15.9 Å². The second-order valence-electron chi connectivity index (χ2n) is 4.63. The van der Waals surface area contributed by atoms with Crippen LogP contribution in [0.4, 0.5) is 0 Å². The standard InChI is InChI=1S/C16H15BrClNO/c1-19(11-13-5-3-7-15(17)9-13)16(20)14-6-2-4-12(8-14)10-18/h2-9H,10-11H2,1H3. The first-order valence-corrected chi connectivity index (χ1v) is 7.57. The molecule has 0 unspecified atom stereocenters. The van der Waals surface area contributed by atoms with Gasteiger partial charge in [0.2, 0.25) is 0 Å². The van der Waals surface area contributed by atoms with Crippen LogP contribution in [0.15, 0.2) is 53.0 Å². The monoisotopic (exact) mass is 351 g/mol. The first-order valence-electron chi connectivity index (χ1n) is 6.25. The molecular weight excluding hydrogens is 338 g/mol. The van der Waals surface area contributed by atoms with Gasteiger partial charge in [-0.3, -0.25) is 4.79 Å². The molecule has 0 heterocycles. The highest BCUT2D eigenvalue weighted by Crippen LogP contribution is 2.15. The van der Waals surface area contributed by atoms with Crippen LogP contribution < -0.4 is 0 Å². The molecule has 0 aromatic heterocycles. The second-order valence-corrected chi connectivity index (χ2v) is 5.81. The molecular formula is C16H15BrClNO. The summed E-state index contributed by atoms with van der Waals surface area (Å²) >= 11 is 9.24. The predicted octanol–water partition coefficient (Wildman–Crippen LogP) is 4.46. The van der Waals surface area contributed by atoms with Crippen LogP contribution in [-0.4, -0.2) is 17.9 Å². The van der Waals surface area contributed by atoms with Crippen LogP contribution in [0.25, 0.3) is 0 Å². The van der Waals surface area contributed by atoms with Crippen molar-refractivity contribution in [2.45, 2.75) is 12.4 Å². The predicted molar refractivity (Wildman–Crippen MR) is 85.9 cm³/mol. The molecule has 1 amide bonds. The number of amides is 1. The summed E-state index contributed by atoms with van der Waals surface area (Å²) in [5.41, 5.74) is 2.71. The minimum absolute atomic E-state index is 0.00283. The van der Waals surface area contributed by atoms with E-state index in [1.165, 1.54) is 0 Å². The summed E-state index contributed by atoms with van der Waals surface area (Å²) in [5, 5.41) is 0. The van der Waals surface area contributed by atoms with Gasteiger partial charge in [0.1, 0.15) is 0 Å². The SMILES string of the molecule is CN(Cc1cccc(Br)c1)C(=O)c1cccc(CCl)c1. The molecule has 0 fully saturated rings. The van der Waals surface area contributed by atoms with Gasteiger partial charge in [-0.15, -0.1) is 11.6 Å². The molecule has 2 rings (SSSR count). The normalized spacial score (nSPS) is 10.3. The fourth-order valence-electron chi connectivity index (χ4n) is 1.99. The van der Waals surface area contributed by atoms with E-state index in [-0.39, 0.29) is 5.91 Å². The lowest BCUT2D eigenvalue weighted by atomic mass is 10.1. The topological polar surface area (TPSA) is 20.3 Å². The molecule has 0 saturated heterocycles. The van der Waals surface area contributed by atoms with Gasteiger partial charge in [-0.1, -0.05) is 40.2 Å². The van der Waals surface area contributed by atoms with Crippen molar-refractivity contribution in [3.63, 3.8) is 0 Å². The van der Waals surface area contributed by atoms with E-state index in [1.807, 2.05) is 48.5 Å². The summed E-state index contributed by atoms with van der Waals surface area (Å²) in [5.74, 6) is 0.410. The van der Waals surface area contributed by atoms with Crippen LogP contribution in [0.5, 0.6) is 0 Å². The zero-order valence-electron chi connectivity index (χ0n) is 11.1. The average molecular weight is 353 g/mol. The Labute approximate surface area is 132 Å². The number of rotatable bonds is 4.